The van der Waals surface area contributed by atoms with E-state index in [1.165, 1.54) is 17.3 Å². The largest absolute Gasteiger partial charge is 0.334 e. The number of rotatable bonds is 4. The number of anilines is 1. The fourth-order valence-electron chi connectivity index (χ4n) is 3.35. The average molecular weight is 436 g/mol. The molecule has 0 bridgehead atoms. The normalized spacial score (nSPS) is 16.0. The molecule has 2 aromatic carbocycles. The lowest BCUT2D eigenvalue weighted by Crippen LogP contribution is -2.29. The van der Waals surface area contributed by atoms with E-state index in [1.54, 1.807) is 4.90 Å². The number of para-hydroxylation sites is 1. The maximum absolute atomic E-state index is 12.4. The number of aryl methyl sites for hydroxylation is 2. The van der Waals surface area contributed by atoms with Gasteiger partial charge in [0.1, 0.15) is 0 Å². The lowest BCUT2D eigenvalue weighted by atomic mass is 10.2. The van der Waals surface area contributed by atoms with Crippen molar-refractivity contribution >= 4 is 46.5 Å². The summed E-state index contributed by atoms with van der Waals surface area (Å²) in [7, 11) is 0. The Morgan fingerprint density at radius 3 is 2.47 bits per heavy atom. The van der Waals surface area contributed by atoms with Gasteiger partial charge in [0.25, 0.3) is 0 Å². The topological polar surface area (TPSA) is 65.8 Å². The van der Waals surface area contributed by atoms with Crippen LogP contribution in [0, 0.1) is 18.6 Å². The van der Waals surface area contributed by atoms with Crippen LogP contribution in [0.3, 0.4) is 0 Å². The van der Waals surface area contributed by atoms with Gasteiger partial charge in [-0.3, -0.25) is 14.3 Å². The summed E-state index contributed by atoms with van der Waals surface area (Å²) in [5.41, 5.74) is 5.43. The van der Waals surface area contributed by atoms with Crippen LogP contribution in [0.2, 0.25) is 0 Å². The smallest absolute Gasteiger partial charge is 0.243 e. The minimum absolute atomic E-state index is 0.00167. The van der Waals surface area contributed by atoms with Gasteiger partial charge in [0, 0.05) is 11.4 Å². The van der Waals surface area contributed by atoms with E-state index >= 15 is 0 Å². The first-order valence-electron chi connectivity index (χ1n) is 9.48. The molecule has 0 radical (unpaired) electrons. The summed E-state index contributed by atoms with van der Waals surface area (Å²) >= 11 is 6.93. The van der Waals surface area contributed by atoms with Crippen LogP contribution in [0.1, 0.15) is 23.9 Å². The summed E-state index contributed by atoms with van der Waals surface area (Å²) in [5, 5.41) is 9.45. The standard InChI is InChI=1S/C22H21N5OS2/c1-14-9-11-18(12-10-14)27-20(15(2)23-21(27)29)16(3)24-25-22-26(19(28)13-30-22)17-7-5-4-6-8-17/h4-12H,13H2,1-3H3,(H,23,29)/b24-16+,25-22-. The van der Waals surface area contributed by atoms with Crippen molar-refractivity contribution in [1.82, 2.24) is 9.55 Å². The Morgan fingerprint density at radius 2 is 1.77 bits per heavy atom. The highest BCUT2D eigenvalue weighted by molar-refractivity contribution is 8.15. The SMILES string of the molecule is C/C(=N\N=C1/SCC(=O)N1c1ccccc1)c1c(C)[nH]c(=S)n1-c1ccc(C)cc1. The number of nitrogens with zero attached hydrogens (tertiary/aromatic N) is 4. The van der Waals surface area contributed by atoms with Gasteiger partial charge in [0.15, 0.2) is 9.94 Å². The van der Waals surface area contributed by atoms with Crippen molar-refractivity contribution in [3.05, 3.63) is 76.3 Å². The van der Waals surface area contributed by atoms with E-state index in [0.29, 0.717) is 21.4 Å². The molecular formula is C22H21N5OS2. The summed E-state index contributed by atoms with van der Waals surface area (Å²) < 4.78 is 2.57. The van der Waals surface area contributed by atoms with E-state index < -0.39 is 0 Å². The number of hydrogen-bond acceptors (Lipinski definition) is 5. The summed E-state index contributed by atoms with van der Waals surface area (Å²) in [6, 6.07) is 17.7. The van der Waals surface area contributed by atoms with Gasteiger partial charge >= 0.3 is 0 Å². The average Bonchev–Trinajstić information content (AvgIpc) is 3.26. The number of nitrogens with one attached hydrogen (secondary N) is 1. The number of hydrogen-bond donors (Lipinski definition) is 1. The van der Waals surface area contributed by atoms with Crippen LogP contribution in [-0.4, -0.2) is 32.1 Å². The number of carbonyl (C=O) groups excluding carboxylic acids is 1. The molecule has 3 aromatic rings. The third-order valence-corrected chi connectivity index (χ3v) is 5.97. The van der Waals surface area contributed by atoms with Gasteiger partial charge in [0.05, 0.1) is 22.8 Å². The van der Waals surface area contributed by atoms with Crippen LogP contribution in [0.15, 0.2) is 64.8 Å². The number of benzene rings is 2. The molecule has 2 heterocycles. The monoisotopic (exact) mass is 435 g/mol. The minimum atomic E-state index is -0.00167. The number of imidazole rings is 1. The molecule has 1 N–H and O–H groups in total. The summed E-state index contributed by atoms with van der Waals surface area (Å²) in [4.78, 5) is 17.2. The Balaban J connectivity index is 1.73. The Hall–Kier alpha value is -2.97. The summed E-state index contributed by atoms with van der Waals surface area (Å²) in [5.74, 6) is 0.351. The number of H-pyrrole nitrogens is 1. The van der Waals surface area contributed by atoms with Crippen molar-refractivity contribution in [3.8, 4) is 5.69 Å². The van der Waals surface area contributed by atoms with Crippen LogP contribution < -0.4 is 4.90 Å². The van der Waals surface area contributed by atoms with Crippen LogP contribution in [-0.2, 0) is 4.79 Å². The fourth-order valence-corrected chi connectivity index (χ4v) is 4.52. The molecule has 4 rings (SSSR count). The molecule has 0 atom stereocenters. The molecule has 0 aliphatic carbocycles. The second-order valence-corrected chi connectivity index (χ2v) is 8.33. The van der Waals surface area contributed by atoms with Crippen molar-refractivity contribution in [3.63, 3.8) is 0 Å². The highest BCUT2D eigenvalue weighted by atomic mass is 32.2. The second kappa shape index (κ2) is 8.41. The molecule has 1 aromatic heterocycles. The number of aromatic amines is 1. The third-order valence-electron chi connectivity index (χ3n) is 4.78. The maximum atomic E-state index is 12.4. The van der Waals surface area contributed by atoms with Gasteiger partial charge in [0.2, 0.25) is 5.91 Å². The van der Waals surface area contributed by atoms with Gasteiger partial charge in [-0.25, -0.2) is 0 Å². The predicted octanol–water partition coefficient (Wildman–Crippen LogP) is 5.01. The summed E-state index contributed by atoms with van der Waals surface area (Å²) in [6.45, 7) is 5.91. The molecule has 1 amide bonds. The summed E-state index contributed by atoms with van der Waals surface area (Å²) in [6.07, 6.45) is 0. The lowest BCUT2D eigenvalue weighted by Gasteiger charge is -2.15. The first-order valence-corrected chi connectivity index (χ1v) is 10.9. The van der Waals surface area contributed by atoms with E-state index in [4.69, 9.17) is 12.2 Å². The highest BCUT2D eigenvalue weighted by Crippen LogP contribution is 2.26. The number of amidine groups is 1. The minimum Gasteiger partial charge on any atom is -0.334 e. The van der Waals surface area contributed by atoms with Crippen molar-refractivity contribution < 1.29 is 4.79 Å². The molecule has 1 saturated heterocycles. The molecule has 8 heteroatoms. The molecule has 1 aliphatic heterocycles. The fraction of sp³-hybridized carbons (Fsp3) is 0.182. The zero-order valence-electron chi connectivity index (χ0n) is 16.9. The van der Waals surface area contributed by atoms with Crippen LogP contribution >= 0.6 is 24.0 Å². The molecular weight excluding hydrogens is 414 g/mol. The Bertz CT molecular complexity index is 1210. The third kappa shape index (κ3) is 3.88. The maximum Gasteiger partial charge on any atom is 0.243 e. The van der Waals surface area contributed by atoms with Crippen molar-refractivity contribution in [2.75, 3.05) is 10.7 Å². The molecule has 1 fully saturated rings. The number of aromatic nitrogens is 2. The zero-order valence-corrected chi connectivity index (χ0v) is 18.5. The molecule has 6 nitrogen and oxygen atoms in total. The number of thioether (sulfide) groups is 1. The lowest BCUT2D eigenvalue weighted by molar-refractivity contribution is -0.115. The Kier molecular flexibility index (Phi) is 5.69. The van der Waals surface area contributed by atoms with E-state index in [2.05, 4.69) is 27.3 Å². The molecule has 1 aliphatic rings. The van der Waals surface area contributed by atoms with Gasteiger partial charge in [-0.05, 0) is 57.3 Å². The Labute approximate surface area is 184 Å². The number of amides is 1. The van der Waals surface area contributed by atoms with Gasteiger partial charge in [-0.2, -0.15) is 5.10 Å². The molecule has 0 spiro atoms. The molecule has 0 unspecified atom stereocenters. The van der Waals surface area contributed by atoms with Gasteiger partial charge in [-0.1, -0.05) is 47.7 Å². The molecule has 30 heavy (non-hydrogen) atoms. The predicted molar refractivity (Wildman–Crippen MR) is 126 cm³/mol. The van der Waals surface area contributed by atoms with E-state index in [9.17, 15) is 4.79 Å². The van der Waals surface area contributed by atoms with Crippen LogP contribution in [0.5, 0.6) is 0 Å². The van der Waals surface area contributed by atoms with Crippen LogP contribution in [0.4, 0.5) is 5.69 Å². The Morgan fingerprint density at radius 1 is 1.07 bits per heavy atom. The van der Waals surface area contributed by atoms with Crippen molar-refractivity contribution in [2.45, 2.75) is 20.8 Å². The number of carbonyl (C=O) groups is 1. The zero-order chi connectivity index (χ0) is 21.3. The van der Waals surface area contributed by atoms with Crippen molar-refractivity contribution in [1.29, 1.82) is 0 Å². The first kappa shape index (κ1) is 20.3. The van der Waals surface area contributed by atoms with E-state index in [0.717, 1.165) is 22.8 Å². The van der Waals surface area contributed by atoms with E-state index in [1.807, 2.05) is 67.8 Å². The highest BCUT2D eigenvalue weighted by Gasteiger charge is 2.29. The second-order valence-electron chi connectivity index (χ2n) is 7.00. The quantitative estimate of drug-likeness (QED) is 0.356. The van der Waals surface area contributed by atoms with Gasteiger partial charge < -0.3 is 4.98 Å². The van der Waals surface area contributed by atoms with E-state index in [-0.39, 0.29) is 5.91 Å². The van der Waals surface area contributed by atoms with Gasteiger partial charge in [-0.15, -0.1) is 5.10 Å². The van der Waals surface area contributed by atoms with Crippen LogP contribution in [0.25, 0.3) is 5.69 Å². The molecule has 0 saturated carbocycles. The first-order chi connectivity index (χ1) is 14.5. The molecule has 152 valence electrons. The van der Waals surface area contributed by atoms with Crippen molar-refractivity contribution in [2.24, 2.45) is 10.2 Å².